The summed E-state index contributed by atoms with van der Waals surface area (Å²) in [6.07, 6.45) is 6.23. The van der Waals surface area contributed by atoms with Crippen LogP contribution in [0.3, 0.4) is 0 Å². The van der Waals surface area contributed by atoms with Gasteiger partial charge in [0.1, 0.15) is 0 Å². The summed E-state index contributed by atoms with van der Waals surface area (Å²) in [6.45, 7) is 3.72. The fraction of sp³-hybridized carbons (Fsp3) is 0.368. The molecule has 0 unspecified atom stereocenters. The van der Waals surface area contributed by atoms with Gasteiger partial charge in [0.25, 0.3) is 0 Å². The molecule has 6 heteroatoms. The summed E-state index contributed by atoms with van der Waals surface area (Å²) in [4.78, 5) is 9.45. The van der Waals surface area contributed by atoms with E-state index in [4.69, 9.17) is 4.74 Å². The lowest BCUT2D eigenvalue weighted by molar-refractivity contribution is -0.0130. The van der Waals surface area contributed by atoms with Crippen molar-refractivity contribution in [2.45, 2.75) is 32.1 Å². The third-order valence-corrected chi connectivity index (χ3v) is 5.57. The molecule has 0 aromatic carbocycles. The van der Waals surface area contributed by atoms with Crippen LogP contribution >= 0.6 is 11.3 Å². The van der Waals surface area contributed by atoms with Crippen molar-refractivity contribution in [3.8, 4) is 10.6 Å². The molecule has 0 bridgehead atoms. The second-order valence-electron chi connectivity index (χ2n) is 6.37. The van der Waals surface area contributed by atoms with Gasteiger partial charge in [-0.25, -0.2) is 0 Å². The van der Waals surface area contributed by atoms with E-state index in [0.29, 0.717) is 12.7 Å². The minimum Gasteiger partial charge on any atom is -0.371 e. The molecule has 1 saturated heterocycles. The summed E-state index contributed by atoms with van der Waals surface area (Å²) in [5, 5.41) is 7.06. The van der Waals surface area contributed by atoms with E-state index in [0.717, 1.165) is 37.4 Å². The Morgan fingerprint density at radius 3 is 3.04 bits per heavy atom. The summed E-state index contributed by atoms with van der Waals surface area (Å²) in [7, 11) is 0. The zero-order chi connectivity index (χ0) is 16.9. The van der Waals surface area contributed by atoms with E-state index < -0.39 is 0 Å². The van der Waals surface area contributed by atoms with Crippen LogP contribution in [0.4, 0.5) is 0 Å². The third kappa shape index (κ3) is 4.34. The number of hydrogen-bond acceptors (Lipinski definition) is 5. The number of likely N-dealkylation sites (tertiary alicyclic amines) is 1. The molecule has 1 aliphatic rings. The molecule has 130 valence electrons. The molecule has 1 aliphatic heterocycles. The zero-order valence-corrected chi connectivity index (χ0v) is 14.9. The monoisotopic (exact) mass is 354 g/mol. The van der Waals surface area contributed by atoms with Crippen molar-refractivity contribution in [2.24, 2.45) is 0 Å². The van der Waals surface area contributed by atoms with Gasteiger partial charge in [0.2, 0.25) is 0 Å². The topological polar surface area (TPSA) is 54.0 Å². The van der Waals surface area contributed by atoms with E-state index in [9.17, 15) is 0 Å². The average Bonchev–Trinajstić information content (AvgIpc) is 3.33. The maximum atomic E-state index is 6.09. The van der Waals surface area contributed by atoms with Gasteiger partial charge in [-0.3, -0.25) is 15.0 Å². The molecular weight excluding hydrogens is 332 g/mol. The predicted octanol–water partition coefficient (Wildman–Crippen LogP) is 3.71. The Labute approximate surface area is 151 Å². The standard InChI is InChI=1S/C19H22N4OS/c1-2-9-20-15(4-1)14-24-16-5-3-11-23(12-16)13-17-6-7-19(25-17)18-8-10-21-22-18/h1-2,4,6-10,16H,3,5,11-14H2,(H,21,22)/t16-/m1/s1. The molecule has 0 aliphatic carbocycles. The molecule has 0 spiro atoms. The van der Waals surface area contributed by atoms with Gasteiger partial charge in [-0.1, -0.05) is 6.07 Å². The maximum Gasteiger partial charge on any atom is 0.0892 e. The van der Waals surface area contributed by atoms with E-state index >= 15 is 0 Å². The fourth-order valence-electron chi connectivity index (χ4n) is 3.20. The molecular formula is C19H22N4OS. The minimum atomic E-state index is 0.294. The van der Waals surface area contributed by atoms with Crippen LogP contribution in [0.15, 0.2) is 48.8 Å². The van der Waals surface area contributed by atoms with E-state index in [1.807, 2.05) is 41.8 Å². The lowest BCUT2D eigenvalue weighted by Gasteiger charge is -2.32. The van der Waals surface area contributed by atoms with E-state index in [-0.39, 0.29) is 0 Å². The van der Waals surface area contributed by atoms with Gasteiger partial charge in [0.15, 0.2) is 0 Å². The summed E-state index contributed by atoms with van der Waals surface area (Å²) in [5.74, 6) is 0. The SMILES string of the molecule is c1ccc(CO[C@@H]2CCCN(Cc3ccc(-c4ccn[nH]4)s3)C2)nc1. The van der Waals surface area contributed by atoms with Gasteiger partial charge in [0.05, 0.1) is 29.0 Å². The number of aromatic nitrogens is 3. The molecule has 3 aromatic heterocycles. The number of rotatable bonds is 6. The van der Waals surface area contributed by atoms with Crippen LogP contribution in [0.2, 0.25) is 0 Å². The van der Waals surface area contributed by atoms with E-state index in [1.54, 1.807) is 6.20 Å². The first kappa shape index (κ1) is 16.4. The van der Waals surface area contributed by atoms with Crippen molar-refractivity contribution in [3.63, 3.8) is 0 Å². The normalized spacial score (nSPS) is 18.5. The Kier molecular flexibility index (Phi) is 5.20. The zero-order valence-electron chi connectivity index (χ0n) is 14.1. The summed E-state index contributed by atoms with van der Waals surface area (Å²) < 4.78 is 6.09. The van der Waals surface area contributed by atoms with Crippen LogP contribution in [0.25, 0.3) is 10.6 Å². The lowest BCUT2D eigenvalue weighted by Crippen LogP contribution is -2.38. The Bertz CT molecular complexity index is 772. The quantitative estimate of drug-likeness (QED) is 0.733. The fourth-order valence-corrected chi connectivity index (χ4v) is 4.23. The van der Waals surface area contributed by atoms with Crippen molar-refractivity contribution >= 4 is 11.3 Å². The van der Waals surface area contributed by atoms with Crippen LogP contribution in [0, 0.1) is 0 Å². The largest absolute Gasteiger partial charge is 0.371 e. The molecule has 25 heavy (non-hydrogen) atoms. The second-order valence-corrected chi connectivity index (χ2v) is 7.54. The predicted molar refractivity (Wildman–Crippen MR) is 99.2 cm³/mol. The lowest BCUT2D eigenvalue weighted by atomic mass is 10.1. The van der Waals surface area contributed by atoms with Crippen LogP contribution in [-0.2, 0) is 17.9 Å². The maximum absolute atomic E-state index is 6.09. The smallest absolute Gasteiger partial charge is 0.0892 e. The number of pyridine rings is 1. The number of aromatic amines is 1. The second kappa shape index (κ2) is 7.91. The van der Waals surface area contributed by atoms with Crippen molar-refractivity contribution in [1.82, 2.24) is 20.1 Å². The highest BCUT2D eigenvalue weighted by Crippen LogP contribution is 2.28. The summed E-state index contributed by atoms with van der Waals surface area (Å²) in [6, 6.07) is 12.4. The number of piperidine rings is 1. The highest BCUT2D eigenvalue weighted by Gasteiger charge is 2.21. The van der Waals surface area contributed by atoms with Gasteiger partial charge >= 0.3 is 0 Å². The Balaban J connectivity index is 1.31. The van der Waals surface area contributed by atoms with E-state index in [1.165, 1.54) is 16.2 Å². The van der Waals surface area contributed by atoms with Crippen LogP contribution in [0.1, 0.15) is 23.4 Å². The number of hydrogen-bond donors (Lipinski definition) is 1. The molecule has 0 saturated carbocycles. The molecule has 5 nitrogen and oxygen atoms in total. The molecule has 1 atom stereocenters. The first-order valence-corrected chi connectivity index (χ1v) is 9.51. The summed E-state index contributed by atoms with van der Waals surface area (Å²) in [5.41, 5.74) is 2.09. The molecule has 4 rings (SSSR count). The van der Waals surface area contributed by atoms with Crippen molar-refractivity contribution in [1.29, 1.82) is 0 Å². The summed E-state index contributed by atoms with van der Waals surface area (Å²) >= 11 is 1.83. The van der Waals surface area contributed by atoms with Crippen LogP contribution in [0.5, 0.6) is 0 Å². The van der Waals surface area contributed by atoms with Crippen molar-refractivity contribution in [2.75, 3.05) is 13.1 Å². The number of nitrogens with one attached hydrogen (secondary N) is 1. The Morgan fingerprint density at radius 1 is 1.20 bits per heavy atom. The molecule has 0 amide bonds. The Hall–Kier alpha value is -2.02. The third-order valence-electron chi connectivity index (χ3n) is 4.46. The number of nitrogens with zero attached hydrogens (tertiary/aromatic N) is 3. The highest BCUT2D eigenvalue weighted by molar-refractivity contribution is 7.15. The van der Waals surface area contributed by atoms with Gasteiger partial charge < -0.3 is 4.74 Å². The van der Waals surface area contributed by atoms with Crippen molar-refractivity contribution < 1.29 is 4.74 Å². The number of ether oxygens (including phenoxy) is 1. The number of thiophene rings is 1. The van der Waals surface area contributed by atoms with Crippen molar-refractivity contribution in [3.05, 3.63) is 59.4 Å². The highest BCUT2D eigenvalue weighted by atomic mass is 32.1. The number of H-pyrrole nitrogens is 1. The van der Waals surface area contributed by atoms with Crippen LogP contribution in [-0.4, -0.2) is 39.3 Å². The minimum absolute atomic E-state index is 0.294. The van der Waals surface area contributed by atoms with E-state index in [2.05, 4.69) is 32.2 Å². The first-order valence-electron chi connectivity index (χ1n) is 8.69. The molecule has 1 N–H and O–H groups in total. The van der Waals surface area contributed by atoms with Crippen LogP contribution < -0.4 is 0 Å². The first-order chi connectivity index (χ1) is 12.4. The molecule has 1 fully saturated rings. The van der Waals surface area contributed by atoms with Gasteiger partial charge in [-0.2, -0.15) is 5.10 Å². The van der Waals surface area contributed by atoms with Gasteiger partial charge in [-0.05, 0) is 49.7 Å². The molecule has 4 heterocycles. The Morgan fingerprint density at radius 2 is 2.20 bits per heavy atom. The van der Waals surface area contributed by atoms with Gasteiger partial charge in [0, 0.05) is 30.4 Å². The molecule has 3 aromatic rings. The average molecular weight is 354 g/mol. The van der Waals surface area contributed by atoms with Gasteiger partial charge in [-0.15, -0.1) is 11.3 Å². The molecule has 0 radical (unpaired) electrons.